The second kappa shape index (κ2) is 9.90. The zero-order valence-electron chi connectivity index (χ0n) is 18.7. The predicted octanol–water partition coefficient (Wildman–Crippen LogP) is 5.19. The van der Waals surface area contributed by atoms with Gasteiger partial charge >= 0.3 is 0 Å². The summed E-state index contributed by atoms with van der Waals surface area (Å²) < 4.78 is 0. The largest absolute Gasteiger partial charge is 0.504 e. The van der Waals surface area contributed by atoms with Gasteiger partial charge in [-0.05, 0) is 70.4 Å². The molecule has 0 heterocycles. The predicted molar refractivity (Wildman–Crippen MR) is 117 cm³/mol. The summed E-state index contributed by atoms with van der Waals surface area (Å²) in [5, 5.41) is 30.9. The number of ketones is 1. The van der Waals surface area contributed by atoms with Gasteiger partial charge in [-0.2, -0.15) is 0 Å². The van der Waals surface area contributed by atoms with E-state index in [0.29, 0.717) is 24.8 Å². The van der Waals surface area contributed by atoms with E-state index >= 15 is 0 Å². The van der Waals surface area contributed by atoms with Crippen LogP contribution < -0.4 is 0 Å². The Morgan fingerprint density at radius 1 is 1.14 bits per heavy atom. The van der Waals surface area contributed by atoms with Crippen molar-refractivity contribution in [1.82, 2.24) is 0 Å². The van der Waals surface area contributed by atoms with Gasteiger partial charge in [0.05, 0.1) is 6.10 Å². The van der Waals surface area contributed by atoms with Crippen molar-refractivity contribution >= 4 is 5.78 Å². The topological polar surface area (TPSA) is 77.8 Å². The average molecular weight is 403 g/mol. The Morgan fingerprint density at radius 2 is 1.79 bits per heavy atom. The average Bonchev–Trinajstić information content (AvgIpc) is 2.88. The van der Waals surface area contributed by atoms with Gasteiger partial charge in [0, 0.05) is 23.9 Å². The fourth-order valence-electron chi connectivity index (χ4n) is 4.53. The molecule has 0 bridgehead atoms. The maximum absolute atomic E-state index is 13.1. The molecule has 29 heavy (non-hydrogen) atoms. The van der Waals surface area contributed by atoms with Crippen molar-refractivity contribution < 1.29 is 20.1 Å². The Balaban J connectivity index is 2.46. The highest BCUT2D eigenvalue weighted by Crippen LogP contribution is 2.50. The van der Waals surface area contributed by atoms with E-state index in [-0.39, 0.29) is 30.0 Å². The minimum atomic E-state index is -0.738. The minimum Gasteiger partial charge on any atom is -0.504 e. The highest BCUT2D eigenvalue weighted by Gasteiger charge is 2.51. The van der Waals surface area contributed by atoms with E-state index in [1.165, 1.54) is 11.1 Å². The second-order valence-electron chi connectivity index (χ2n) is 9.27. The zero-order valence-corrected chi connectivity index (χ0v) is 18.7. The molecule has 2 aliphatic carbocycles. The Kier molecular flexibility index (Phi) is 8.07. The van der Waals surface area contributed by atoms with E-state index in [1.54, 1.807) is 0 Å². The molecule has 2 rings (SSSR count). The first kappa shape index (κ1) is 23.6. The van der Waals surface area contributed by atoms with Crippen LogP contribution in [0.3, 0.4) is 0 Å². The summed E-state index contributed by atoms with van der Waals surface area (Å²) in [7, 11) is 0. The van der Waals surface area contributed by atoms with E-state index in [0.717, 1.165) is 24.8 Å². The number of aliphatic hydroxyl groups is 3. The van der Waals surface area contributed by atoms with Crippen molar-refractivity contribution in [2.75, 3.05) is 6.61 Å². The van der Waals surface area contributed by atoms with E-state index in [1.807, 2.05) is 26.8 Å². The first-order chi connectivity index (χ1) is 13.6. The molecule has 0 fully saturated rings. The fourth-order valence-corrected chi connectivity index (χ4v) is 4.53. The monoisotopic (exact) mass is 402 g/mol. The van der Waals surface area contributed by atoms with E-state index in [9.17, 15) is 20.1 Å². The van der Waals surface area contributed by atoms with Gasteiger partial charge in [0.2, 0.25) is 5.78 Å². The number of allylic oxidation sites excluding steroid dienone is 6. The summed E-state index contributed by atoms with van der Waals surface area (Å²) >= 11 is 0. The number of hydrogen-bond donors (Lipinski definition) is 3. The van der Waals surface area contributed by atoms with Crippen LogP contribution in [0, 0.1) is 17.3 Å². The van der Waals surface area contributed by atoms with Crippen LogP contribution in [0.15, 0.2) is 46.3 Å². The third-order valence-corrected chi connectivity index (χ3v) is 6.88. The van der Waals surface area contributed by atoms with E-state index < -0.39 is 11.5 Å². The minimum absolute atomic E-state index is 0.107. The Labute approximate surface area is 175 Å². The number of rotatable bonds is 2. The lowest BCUT2D eigenvalue weighted by Crippen LogP contribution is -2.32. The number of hydrogen-bond acceptors (Lipinski definition) is 4. The summed E-state index contributed by atoms with van der Waals surface area (Å²) in [6, 6.07) is 0. The molecular formula is C25H38O4. The Hall–Kier alpha value is -1.65. The summed E-state index contributed by atoms with van der Waals surface area (Å²) in [6.07, 6.45) is 10.4. The normalized spacial score (nSPS) is 36.7. The van der Waals surface area contributed by atoms with Gasteiger partial charge in [-0.1, -0.05) is 43.2 Å². The molecule has 0 spiro atoms. The summed E-state index contributed by atoms with van der Waals surface area (Å²) in [4.78, 5) is 13.1. The van der Waals surface area contributed by atoms with Crippen LogP contribution in [0.25, 0.3) is 0 Å². The third-order valence-electron chi connectivity index (χ3n) is 6.88. The first-order valence-corrected chi connectivity index (χ1v) is 10.9. The zero-order chi connectivity index (χ0) is 21.8. The number of aliphatic hydroxyl groups excluding tert-OH is 3. The van der Waals surface area contributed by atoms with Crippen molar-refractivity contribution in [3.63, 3.8) is 0 Å². The highest BCUT2D eigenvalue weighted by atomic mass is 16.3. The molecule has 162 valence electrons. The summed E-state index contributed by atoms with van der Waals surface area (Å²) in [5.41, 5.74) is 3.36. The van der Waals surface area contributed by atoms with Gasteiger partial charge in [0.25, 0.3) is 0 Å². The molecule has 0 amide bonds. The van der Waals surface area contributed by atoms with Crippen molar-refractivity contribution in [2.24, 2.45) is 17.3 Å². The molecule has 2 aliphatic rings. The van der Waals surface area contributed by atoms with E-state index in [2.05, 4.69) is 26.0 Å². The molecule has 0 saturated heterocycles. The van der Waals surface area contributed by atoms with E-state index in [4.69, 9.17) is 0 Å². The lowest BCUT2D eigenvalue weighted by molar-refractivity contribution is -0.126. The van der Waals surface area contributed by atoms with Gasteiger partial charge in [-0.25, -0.2) is 0 Å². The molecule has 0 aromatic carbocycles. The maximum atomic E-state index is 13.1. The second-order valence-corrected chi connectivity index (χ2v) is 9.27. The highest BCUT2D eigenvalue weighted by molar-refractivity contribution is 6.02. The molecule has 0 aromatic rings. The number of carbonyl (C=O) groups excluding carboxylic acids is 1. The fraction of sp³-hybridized carbons (Fsp3) is 0.640. The van der Waals surface area contributed by atoms with Gasteiger partial charge in [0.15, 0.2) is 5.76 Å². The molecule has 0 unspecified atom stereocenters. The number of Topliss-reactive ketones (excluding diaryl/α,β-unsaturated/α-hetero) is 1. The molecule has 0 aromatic heterocycles. The number of carbonyl (C=O) groups is 1. The maximum Gasteiger partial charge on any atom is 0.203 e. The molecule has 4 heteroatoms. The molecule has 0 saturated carbocycles. The van der Waals surface area contributed by atoms with Crippen LogP contribution in [-0.2, 0) is 4.79 Å². The van der Waals surface area contributed by atoms with Crippen LogP contribution in [0.4, 0.5) is 0 Å². The molecule has 3 N–H and O–H groups in total. The summed E-state index contributed by atoms with van der Waals surface area (Å²) in [5.74, 6) is -0.860. The van der Waals surface area contributed by atoms with Gasteiger partial charge in [0.1, 0.15) is 0 Å². The first-order valence-electron chi connectivity index (χ1n) is 10.9. The standard InChI is InChI=1S/C25H38O4/c1-16-7-6-8-17(2)13-14-25(5)20(11-10-18(3)21(27)12-9-16)22(19(4)15-26)23(28)24(25)29/h7,10,13,19-21,26-28H,6,8-9,11-12,14-15H2,1-5H3/b16-7+,17-13+,18-10+/t19-,20-,21+,25+/m1/s1. The lowest BCUT2D eigenvalue weighted by atomic mass is 9.70. The van der Waals surface area contributed by atoms with Crippen molar-refractivity contribution in [1.29, 1.82) is 0 Å². The van der Waals surface area contributed by atoms with Crippen LogP contribution in [0.2, 0.25) is 0 Å². The smallest absolute Gasteiger partial charge is 0.203 e. The van der Waals surface area contributed by atoms with Gasteiger partial charge < -0.3 is 15.3 Å². The summed E-state index contributed by atoms with van der Waals surface area (Å²) in [6.45, 7) is 9.81. The molecule has 0 radical (unpaired) electrons. The van der Waals surface area contributed by atoms with Crippen molar-refractivity contribution in [3.8, 4) is 0 Å². The Morgan fingerprint density at radius 3 is 2.45 bits per heavy atom. The molecule has 4 atom stereocenters. The van der Waals surface area contributed by atoms with Crippen LogP contribution >= 0.6 is 0 Å². The van der Waals surface area contributed by atoms with Crippen molar-refractivity contribution in [2.45, 2.75) is 79.2 Å². The van der Waals surface area contributed by atoms with Gasteiger partial charge in [-0.15, -0.1) is 0 Å². The lowest BCUT2D eigenvalue weighted by Gasteiger charge is -2.32. The van der Waals surface area contributed by atoms with Crippen LogP contribution in [-0.4, -0.2) is 33.8 Å². The molecule has 0 aliphatic heterocycles. The van der Waals surface area contributed by atoms with Crippen molar-refractivity contribution in [3.05, 3.63) is 46.3 Å². The number of fused-ring (bicyclic) bond motifs is 1. The molecule has 4 nitrogen and oxygen atoms in total. The molecular weight excluding hydrogens is 364 g/mol. The SMILES string of the molecule is C/C1=C\C[C@]2(C)C(=O)C(O)=C([C@H](C)CO)[C@H]2C/C=C(\C)[C@@H](O)CC/C(C)=C/CC1. The van der Waals surface area contributed by atoms with Gasteiger partial charge in [-0.3, -0.25) is 4.79 Å². The Bertz CT molecular complexity index is 740. The van der Waals surface area contributed by atoms with Crippen LogP contribution in [0.1, 0.15) is 73.1 Å². The van der Waals surface area contributed by atoms with Crippen LogP contribution in [0.5, 0.6) is 0 Å². The quantitative estimate of drug-likeness (QED) is 0.556. The third kappa shape index (κ3) is 5.29.